The van der Waals surface area contributed by atoms with Crippen molar-refractivity contribution in [2.75, 3.05) is 9.44 Å². The summed E-state index contributed by atoms with van der Waals surface area (Å²) in [7, 11) is -7.93. The molecule has 0 spiro atoms. The van der Waals surface area contributed by atoms with E-state index in [2.05, 4.69) is 19.4 Å². The number of sulfonamides is 2. The number of aryl methyl sites for hydroxylation is 2. The molecular formula is C20H20N4O5S2. The van der Waals surface area contributed by atoms with E-state index in [0.29, 0.717) is 11.4 Å². The average Bonchev–Trinajstić information content (AvgIpc) is 2.67. The van der Waals surface area contributed by atoms with Gasteiger partial charge in [0.1, 0.15) is 0 Å². The maximum Gasteiger partial charge on any atom is 0.264 e. The Morgan fingerprint density at radius 1 is 0.774 bits per heavy atom. The molecule has 0 unspecified atom stereocenters. The Hall–Kier alpha value is -3.31. The van der Waals surface area contributed by atoms with Crippen molar-refractivity contribution < 1.29 is 21.6 Å². The van der Waals surface area contributed by atoms with Crippen molar-refractivity contribution in [2.24, 2.45) is 0 Å². The van der Waals surface area contributed by atoms with E-state index in [1.165, 1.54) is 55.5 Å². The van der Waals surface area contributed by atoms with Crippen LogP contribution in [0.5, 0.6) is 0 Å². The van der Waals surface area contributed by atoms with Crippen molar-refractivity contribution in [3.8, 4) is 0 Å². The highest BCUT2D eigenvalue weighted by Gasteiger charge is 2.18. The molecule has 3 rings (SSSR count). The van der Waals surface area contributed by atoms with E-state index < -0.39 is 20.0 Å². The third-order valence-corrected chi connectivity index (χ3v) is 6.90. The Kier molecular flexibility index (Phi) is 6.09. The number of hydrogen-bond donors (Lipinski definition) is 2. The first-order chi connectivity index (χ1) is 14.5. The second kappa shape index (κ2) is 8.44. The van der Waals surface area contributed by atoms with Gasteiger partial charge in [-0.2, -0.15) is 0 Å². The fourth-order valence-electron chi connectivity index (χ4n) is 2.75. The Labute approximate surface area is 180 Å². The molecule has 11 heteroatoms. The predicted molar refractivity (Wildman–Crippen MR) is 116 cm³/mol. The van der Waals surface area contributed by atoms with Crippen LogP contribution in [0.25, 0.3) is 0 Å². The fourth-order valence-corrected chi connectivity index (χ4v) is 4.80. The zero-order chi connectivity index (χ0) is 22.8. The molecule has 2 N–H and O–H groups in total. The van der Waals surface area contributed by atoms with Crippen LogP contribution in [0.15, 0.2) is 64.4 Å². The minimum Gasteiger partial charge on any atom is -0.295 e. The number of anilines is 2. The van der Waals surface area contributed by atoms with Crippen LogP contribution in [-0.4, -0.2) is 32.6 Å². The maximum atomic E-state index is 12.6. The van der Waals surface area contributed by atoms with E-state index in [-0.39, 0.29) is 32.8 Å². The Morgan fingerprint density at radius 3 is 1.94 bits per heavy atom. The van der Waals surface area contributed by atoms with E-state index >= 15 is 0 Å². The number of benzene rings is 2. The molecule has 162 valence electrons. The van der Waals surface area contributed by atoms with Crippen molar-refractivity contribution >= 4 is 37.5 Å². The smallest absolute Gasteiger partial charge is 0.264 e. The first kappa shape index (κ1) is 22.4. The molecule has 0 aliphatic carbocycles. The SMILES string of the molecule is CC(=O)c1cccc(S(=O)(=O)Nc2ccc(S(=O)(=O)Nc3nc(C)cc(C)n3)cc2)c1. The minimum atomic E-state index is -3.96. The summed E-state index contributed by atoms with van der Waals surface area (Å²) in [5.41, 5.74) is 1.66. The summed E-state index contributed by atoms with van der Waals surface area (Å²) in [6.07, 6.45) is 0. The van der Waals surface area contributed by atoms with Gasteiger partial charge in [0.05, 0.1) is 9.79 Å². The lowest BCUT2D eigenvalue weighted by atomic mass is 10.2. The fraction of sp³-hybridized carbons (Fsp3) is 0.150. The molecule has 0 atom stereocenters. The number of rotatable bonds is 7. The molecular weight excluding hydrogens is 440 g/mol. The molecule has 9 nitrogen and oxygen atoms in total. The van der Waals surface area contributed by atoms with Gasteiger partial charge >= 0.3 is 0 Å². The van der Waals surface area contributed by atoms with Gasteiger partial charge in [-0.3, -0.25) is 9.52 Å². The van der Waals surface area contributed by atoms with E-state index in [0.717, 1.165) is 0 Å². The molecule has 2 aromatic carbocycles. The summed E-state index contributed by atoms with van der Waals surface area (Å²) in [4.78, 5) is 19.4. The summed E-state index contributed by atoms with van der Waals surface area (Å²) < 4.78 is 55.0. The molecule has 0 saturated carbocycles. The second-order valence-electron chi connectivity index (χ2n) is 6.79. The van der Waals surface area contributed by atoms with Crippen LogP contribution in [0.3, 0.4) is 0 Å². The van der Waals surface area contributed by atoms with Gasteiger partial charge in [-0.15, -0.1) is 0 Å². The third-order valence-electron chi connectivity index (χ3n) is 4.18. The summed E-state index contributed by atoms with van der Waals surface area (Å²) in [6, 6.07) is 12.5. The third kappa shape index (κ3) is 5.44. The summed E-state index contributed by atoms with van der Waals surface area (Å²) in [5, 5.41) is 0. The van der Waals surface area contributed by atoms with Crippen LogP contribution in [0, 0.1) is 13.8 Å². The normalized spacial score (nSPS) is 11.7. The topological polar surface area (TPSA) is 135 Å². The largest absolute Gasteiger partial charge is 0.295 e. The predicted octanol–water partition coefficient (Wildman–Crippen LogP) is 2.90. The molecule has 0 aliphatic rings. The first-order valence-corrected chi connectivity index (χ1v) is 12.0. The first-order valence-electron chi connectivity index (χ1n) is 9.05. The average molecular weight is 461 g/mol. The molecule has 0 radical (unpaired) electrons. The van der Waals surface area contributed by atoms with E-state index in [9.17, 15) is 21.6 Å². The van der Waals surface area contributed by atoms with Gasteiger partial charge in [0.15, 0.2) is 5.78 Å². The standard InChI is InChI=1S/C20H20N4O5S2/c1-13-11-14(2)22-20(21-13)24-30(26,27)18-9-7-17(8-10-18)23-31(28,29)19-6-4-5-16(12-19)15(3)25/h4-12,23H,1-3H3,(H,21,22,24). The number of hydrogen-bond acceptors (Lipinski definition) is 7. The van der Waals surface area contributed by atoms with Crippen molar-refractivity contribution in [3.63, 3.8) is 0 Å². The highest BCUT2D eigenvalue weighted by molar-refractivity contribution is 7.93. The van der Waals surface area contributed by atoms with Crippen LogP contribution in [0.4, 0.5) is 11.6 Å². The molecule has 0 saturated heterocycles. The van der Waals surface area contributed by atoms with Gasteiger partial charge in [0.25, 0.3) is 20.0 Å². The molecule has 0 bridgehead atoms. The molecule has 1 heterocycles. The van der Waals surface area contributed by atoms with Gasteiger partial charge in [-0.25, -0.2) is 31.5 Å². The lowest BCUT2D eigenvalue weighted by Crippen LogP contribution is -2.16. The van der Waals surface area contributed by atoms with E-state index in [1.807, 2.05) is 0 Å². The van der Waals surface area contributed by atoms with Crippen LogP contribution >= 0.6 is 0 Å². The van der Waals surface area contributed by atoms with Crippen molar-refractivity contribution in [1.82, 2.24) is 9.97 Å². The van der Waals surface area contributed by atoms with E-state index in [1.54, 1.807) is 19.9 Å². The number of nitrogens with zero attached hydrogens (tertiary/aromatic N) is 2. The molecule has 1 aromatic heterocycles. The number of carbonyl (C=O) groups excluding carboxylic acids is 1. The molecule has 0 amide bonds. The number of ketones is 1. The zero-order valence-corrected chi connectivity index (χ0v) is 18.6. The summed E-state index contributed by atoms with van der Waals surface area (Å²) in [6.45, 7) is 4.79. The molecule has 3 aromatic rings. The minimum absolute atomic E-state index is 0.0485. The highest BCUT2D eigenvalue weighted by atomic mass is 32.2. The number of nitrogens with one attached hydrogen (secondary N) is 2. The zero-order valence-electron chi connectivity index (χ0n) is 16.9. The van der Waals surface area contributed by atoms with Crippen LogP contribution in [0.2, 0.25) is 0 Å². The monoisotopic (exact) mass is 460 g/mol. The van der Waals surface area contributed by atoms with Crippen LogP contribution in [-0.2, 0) is 20.0 Å². The van der Waals surface area contributed by atoms with Gasteiger partial charge in [-0.05, 0) is 63.2 Å². The van der Waals surface area contributed by atoms with Crippen LogP contribution < -0.4 is 9.44 Å². The van der Waals surface area contributed by atoms with Crippen molar-refractivity contribution in [3.05, 3.63) is 71.5 Å². The summed E-state index contributed by atoms with van der Waals surface area (Å²) in [5.74, 6) is -0.306. The maximum absolute atomic E-state index is 12.6. The molecule has 0 aliphatic heterocycles. The number of aromatic nitrogens is 2. The lowest BCUT2D eigenvalue weighted by molar-refractivity contribution is 0.101. The Bertz CT molecular complexity index is 1330. The number of Topliss-reactive ketones (excluding diaryl/α,β-unsaturated/α-hetero) is 1. The van der Waals surface area contributed by atoms with Gasteiger partial charge < -0.3 is 0 Å². The van der Waals surface area contributed by atoms with Crippen molar-refractivity contribution in [1.29, 1.82) is 0 Å². The quantitative estimate of drug-likeness (QED) is 0.518. The van der Waals surface area contributed by atoms with Gasteiger partial charge in [0, 0.05) is 22.6 Å². The summed E-state index contributed by atoms with van der Waals surface area (Å²) >= 11 is 0. The lowest BCUT2D eigenvalue weighted by Gasteiger charge is -2.11. The van der Waals surface area contributed by atoms with Crippen molar-refractivity contribution in [2.45, 2.75) is 30.6 Å². The molecule has 0 fully saturated rings. The van der Waals surface area contributed by atoms with E-state index in [4.69, 9.17) is 0 Å². The Balaban J connectivity index is 1.81. The second-order valence-corrected chi connectivity index (χ2v) is 10.2. The molecule has 31 heavy (non-hydrogen) atoms. The van der Waals surface area contributed by atoms with Gasteiger partial charge in [-0.1, -0.05) is 12.1 Å². The van der Waals surface area contributed by atoms with Gasteiger partial charge in [0.2, 0.25) is 5.95 Å². The Morgan fingerprint density at radius 2 is 1.35 bits per heavy atom. The van der Waals surface area contributed by atoms with Crippen LogP contribution in [0.1, 0.15) is 28.7 Å². The highest BCUT2D eigenvalue weighted by Crippen LogP contribution is 2.20. The number of carbonyl (C=O) groups is 1.